The molecule has 2 N–H and O–H groups in total. The summed E-state index contributed by atoms with van der Waals surface area (Å²) < 4.78 is 9.60. The van der Waals surface area contributed by atoms with Crippen molar-refractivity contribution in [3.05, 3.63) is 29.8 Å². The third-order valence-electron chi connectivity index (χ3n) is 2.05. The molecule has 2 amide bonds. The Morgan fingerprint density at radius 2 is 2.00 bits per heavy atom. The number of esters is 1. The lowest BCUT2D eigenvalue weighted by Crippen LogP contribution is -2.30. The van der Waals surface area contributed by atoms with E-state index in [4.69, 9.17) is 9.47 Å². The maximum absolute atomic E-state index is 11.6. The highest BCUT2D eigenvalue weighted by Crippen LogP contribution is 2.15. The highest BCUT2D eigenvalue weighted by Gasteiger charge is 2.13. The monoisotopic (exact) mass is 252 g/mol. The number of benzene rings is 1. The average molecular weight is 252 g/mol. The summed E-state index contributed by atoms with van der Waals surface area (Å²) in [7, 11) is 1.47. The predicted octanol–water partition coefficient (Wildman–Crippen LogP) is 1.59. The summed E-state index contributed by atoms with van der Waals surface area (Å²) in [6.07, 6.45) is 0. The van der Waals surface area contributed by atoms with E-state index in [1.54, 1.807) is 31.2 Å². The van der Waals surface area contributed by atoms with E-state index in [-0.39, 0.29) is 13.3 Å². The minimum absolute atomic E-state index is 0.0907. The number of carbonyl (C=O) groups excluding carboxylic acids is 2. The molecule has 0 aliphatic heterocycles. The number of hydrogen-bond acceptors (Lipinski definition) is 4. The van der Waals surface area contributed by atoms with Crippen LogP contribution >= 0.6 is 0 Å². The van der Waals surface area contributed by atoms with Crippen LogP contribution < -0.4 is 10.6 Å². The Labute approximate surface area is 105 Å². The lowest BCUT2D eigenvalue weighted by atomic mass is 10.2. The van der Waals surface area contributed by atoms with Crippen LogP contribution in [0.3, 0.4) is 0 Å². The summed E-state index contributed by atoms with van der Waals surface area (Å²) >= 11 is 0. The van der Waals surface area contributed by atoms with Crippen LogP contribution in [0.2, 0.25) is 0 Å². The molecule has 0 aliphatic rings. The van der Waals surface area contributed by atoms with Crippen LogP contribution in [0.5, 0.6) is 0 Å². The lowest BCUT2D eigenvalue weighted by Gasteiger charge is -2.10. The van der Waals surface area contributed by atoms with Crippen LogP contribution in [0, 0.1) is 0 Å². The van der Waals surface area contributed by atoms with E-state index in [2.05, 4.69) is 10.6 Å². The van der Waals surface area contributed by atoms with Crippen molar-refractivity contribution in [1.82, 2.24) is 5.32 Å². The molecule has 0 aliphatic carbocycles. The molecule has 0 saturated heterocycles. The van der Waals surface area contributed by atoms with Crippen LogP contribution in [0.1, 0.15) is 17.3 Å². The van der Waals surface area contributed by atoms with Gasteiger partial charge in [-0.05, 0) is 19.1 Å². The number of carbonyl (C=O) groups is 2. The molecule has 1 aromatic rings. The van der Waals surface area contributed by atoms with Crippen molar-refractivity contribution >= 4 is 17.7 Å². The number of rotatable bonds is 5. The minimum atomic E-state index is -0.472. The second kappa shape index (κ2) is 7.29. The molecule has 0 unspecified atom stereocenters. The fraction of sp³-hybridized carbons (Fsp3) is 0.333. The Morgan fingerprint density at radius 1 is 1.28 bits per heavy atom. The zero-order valence-electron chi connectivity index (χ0n) is 10.4. The van der Waals surface area contributed by atoms with E-state index in [0.29, 0.717) is 11.3 Å². The summed E-state index contributed by atoms with van der Waals surface area (Å²) in [4.78, 5) is 23.1. The van der Waals surface area contributed by atoms with E-state index in [1.807, 2.05) is 0 Å². The highest BCUT2D eigenvalue weighted by molar-refractivity contribution is 6.00. The van der Waals surface area contributed by atoms with Crippen molar-refractivity contribution in [2.45, 2.75) is 6.92 Å². The zero-order valence-corrected chi connectivity index (χ0v) is 10.4. The first-order chi connectivity index (χ1) is 8.69. The molecule has 0 saturated carbocycles. The summed E-state index contributed by atoms with van der Waals surface area (Å²) in [5.41, 5.74) is 0.705. The minimum Gasteiger partial charge on any atom is -0.462 e. The fourth-order valence-electron chi connectivity index (χ4n) is 1.28. The van der Waals surface area contributed by atoms with E-state index >= 15 is 0 Å². The van der Waals surface area contributed by atoms with Gasteiger partial charge in [0.15, 0.2) is 0 Å². The maximum Gasteiger partial charge on any atom is 0.340 e. The Balaban J connectivity index is 2.76. The molecular weight excluding hydrogens is 236 g/mol. The van der Waals surface area contributed by atoms with E-state index in [1.165, 1.54) is 7.11 Å². The average Bonchev–Trinajstić information content (AvgIpc) is 2.37. The largest absolute Gasteiger partial charge is 0.462 e. The Hall–Kier alpha value is -2.08. The summed E-state index contributed by atoms with van der Waals surface area (Å²) in [5.74, 6) is -0.472. The van der Waals surface area contributed by atoms with Gasteiger partial charge in [-0.15, -0.1) is 0 Å². The molecule has 0 atom stereocenters. The standard InChI is InChI=1S/C12H16N2O4/c1-3-18-11(15)9-6-4-5-7-10(9)14-12(16)13-8-17-2/h4-7H,3,8H2,1-2H3,(H2,13,14,16). The van der Waals surface area contributed by atoms with E-state index in [9.17, 15) is 9.59 Å². The van der Waals surface area contributed by atoms with E-state index < -0.39 is 12.0 Å². The number of urea groups is 1. The topological polar surface area (TPSA) is 76.7 Å². The van der Waals surface area contributed by atoms with Crippen LogP contribution in [0.15, 0.2) is 24.3 Å². The Kier molecular flexibility index (Phi) is 5.66. The van der Waals surface area contributed by atoms with Gasteiger partial charge in [0.1, 0.15) is 6.73 Å². The van der Waals surface area contributed by atoms with Crippen molar-refractivity contribution < 1.29 is 19.1 Å². The van der Waals surface area contributed by atoms with Gasteiger partial charge < -0.3 is 20.1 Å². The number of amides is 2. The summed E-state index contributed by atoms with van der Waals surface area (Å²) in [6, 6.07) is 6.18. The molecule has 0 bridgehead atoms. The SMILES string of the molecule is CCOC(=O)c1ccccc1NC(=O)NCOC. The number of hydrogen-bond donors (Lipinski definition) is 2. The van der Waals surface area contributed by atoms with Gasteiger partial charge in [-0.1, -0.05) is 12.1 Å². The maximum atomic E-state index is 11.6. The second-order valence-corrected chi connectivity index (χ2v) is 3.33. The van der Waals surface area contributed by atoms with Crippen LogP contribution in [0.25, 0.3) is 0 Å². The van der Waals surface area contributed by atoms with Crippen molar-refractivity contribution in [2.24, 2.45) is 0 Å². The van der Waals surface area contributed by atoms with Crippen molar-refractivity contribution in [3.63, 3.8) is 0 Å². The number of methoxy groups -OCH3 is 1. The number of para-hydroxylation sites is 1. The number of ether oxygens (including phenoxy) is 2. The van der Waals surface area contributed by atoms with Gasteiger partial charge in [-0.2, -0.15) is 0 Å². The Morgan fingerprint density at radius 3 is 2.67 bits per heavy atom. The van der Waals surface area contributed by atoms with Crippen molar-refractivity contribution in [3.8, 4) is 0 Å². The molecular formula is C12H16N2O4. The first-order valence-corrected chi connectivity index (χ1v) is 5.49. The molecule has 0 radical (unpaired) electrons. The predicted molar refractivity (Wildman–Crippen MR) is 66.4 cm³/mol. The number of nitrogens with one attached hydrogen (secondary N) is 2. The quantitative estimate of drug-likeness (QED) is 0.616. The normalized spacial score (nSPS) is 9.67. The highest BCUT2D eigenvalue weighted by atomic mass is 16.5. The Bertz CT molecular complexity index is 420. The second-order valence-electron chi connectivity index (χ2n) is 3.33. The van der Waals surface area contributed by atoms with Gasteiger partial charge >= 0.3 is 12.0 Å². The number of anilines is 1. The van der Waals surface area contributed by atoms with Gasteiger partial charge in [0.2, 0.25) is 0 Å². The molecule has 0 fully saturated rings. The zero-order chi connectivity index (χ0) is 13.4. The van der Waals surface area contributed by atoms with E-state index in [0.717, 1.165) is 0 Å². The molecule has 1 rings (SSSR count). The first kappa shape index (κ1) is 14.0. The summed E-state index contributed by atoms with van der Waals surface area (Å²) in [6.45, 7) is 2.09. The van der Waals surface area contributed by atoms with Gasteiger partial charge in [0.25, 0.3) is 0 Å². The molecule has 0 aromatic heterocycles. The van der Waals surface area contributed by atoms with Crippen LogP contribution in [-0.4, -0.2) is 32.4 Å². The van der Waals surface area contributed by atoms with Crippen LogP contribution in [0.4, 0.5) is 10.5 Å². The fourth-order valence-corrected chi connectivity index (χ4v) is 1.28. The van der Waals surface area contributed by atoms with Crippen LogP contribution in [-0.2, 0) is 9.47 Å². The smallest absolute Gasteiger partial charge is 0.340 e. The molecule has 1 aromatic carbocycles. The van der Waals surface area contributed by atoms with Gasteiger partial charge in [-0.3, -0.25) is 0 Å². The molecule has 6 nitrogen and oxygen atoms in total. The van der Waals surface area contributed by atoms with Gasteiger partial charge in [0.05, 0.1) is 17.9 Å². The van der Waals surface area contributed by atoms with Gasteiger partial charge in [0, 0.05) is 7.11 Å². The molecule has 0 heterocycles. The lowest BCUT2D eigenvalue weighted by molar-refractivity contribution is 0.0527. The molecule has 0 spiro atoms. The molecule has 18 heavy (non-hydrogen) atoms. The molecule has 6 heteroatoms. The van der Waals surface area contributed by atoms with Gasteiger partial charge in [-0.25, -0.2) is 9.59 Å². The first-order valence-electron chi connectivity index (χ1n) is 5.49. The third-order valence-corrected chi connectivity index (χ3v) is 2.05. The van der Waals surface area contributed by atoms with Crippen molar-refractivity contribution in [1.29, 1.82) is 0 Å². The summed E-state index contributed by atoms with van der Waals surface area (Å²) in [5, 5.41) is 5.01. The third kappa shape index (κ3) is 4.06. The molecule has 98 valence electrons. The van der Waals surface area contributed by atoms with Crippen molar-refractivity contribution in [2.75, 3.05) is 25.8 Å².